The number of allylic oxidation sites excluding steroid dienone is 1. The van der Waals surface area contributed by atoms with E-state index in [1.165, 1.54) is 12.5 Å². The zero-order valence-electron chi connectivity index (χ0n) is 11.3. The quantitative estimate of drug-likeness (QED) is 0.766. The van der Waals surface area contributed by atoms with Crippen LogP contribution in [0.15, 0.2) is 22.8 Å². The lowest BCUT2D eigenvalue weighted by molar-refractivity contribution is -0.143. The van der Waals surface area contributed by atoms with E-state index < -0.39 is 5.60 Å². The van der Waals surface area contributed by atoms with Gasteiger partial charge in [-0.1, -0.05) is 19.4 Å². The van der Waals surface area contributed by atoms with Crippen LogP contribution >= 0.6 is 0 Å². The number of carbonyl (C=O) groups is 1. The van der Waals surface area contributed by atoms with Crippen molar-refractivity contribution in [3.63, 3.8) is 0 Å². The molecule has 1 N–H and O–H groups in total. The predicted octanol–water partition coefficient (Wildman–Crippen LogP) is 2.75. The predicted molar refractivity (Wildman–Crippen MR) is 67.5 cm³/mol. The standard InChI is InChI=1S/C14H22O3/c1-6-9(3)13-11(14(5,16)7-2)8-12(13)17-10(4)15/h8,12,16H,6-7H2,1-5H3/b13-9+. The maximum absolute atomic E-state index is 11.0. The summed E-state index contributed by atoms with van der Waals surface area (Å²) in [7, 11) is 0. The normalized spacial score (nSPS) is 25.5. The van der Waals surface area contributed by atoms with Crippen LogP contribution < -0.4 is 0 Å². The molecule has 1 rings (SSSR count). The van der Waals surface area contributed by atoms with Crippen LogP contribution in [0.25, 0.3) is 0 Å². The highest BCUT2D eigenvalue weighted by Crippen LogP contribution is 2.41. The first-order valence-corrected chi connectivity index (χ1v) is 6.15. The molecular weight excluding hydrogens is 216 g/mol. The molecular formula is C14H22O3. The summed E-state index contributed by atoms with van der Waals surface area (Å²) in [4.78, 5) is 11.0. The second kappa shape index (κ2) is 5.05. The number of aliphatic hydroxyl groups is 1. The topological polar surface area (TPSA) is 46.5 Å². The van der Waals surface area contributed by atoms with Crippen LogP contribution in [0, 0.1) is 0 Å². The van der Waals surface area contributed by atoms with E-state index in [2.05, 4.69) is 6.92 Å². The summed E-state index contributed by atoms with van der Waals surface area (Å²) < 4.78 is 5.21. The molecule has 0 aliphatic heterocycles. The molecule has 0 amide bonds. The zero-order valence-corrected chi connectivity index (χ0v) is 11.3. The van der Waals surface area contributed by atoms with Crippen molar-refractivity contribution in [1.29, 1.82) is 0 Å². The van der Waals surface area contributed by atoms with Crippen molar-refractivity contribution in [2.24, 2.45) is 0 Å². The minimum atomic E-state index is -0.831. The molecule has 1 aliphatic rings. The highest BCUT2D eigenvalue weighted by atomic mass is 16.5. The zero-order chi connectivity index (χ0) is 13.2. The highest BCUT2D eigenvalue weighted by molar-refractivity contribution is 5.68. The van der Waals surface area contributed by atoms with Gasteiger partial charge in [0.15, 0.2) is 0 Å². The van der Waals surface area contributed by atoms with Gasteiger partial charge in [-0.3, -0.25) is 4.79 Å². The van der Waals surface area contributed by atoms with E-state index in [4.69, 9.17) is 4.74 Å². The Labute approximate surface area is 103 Å². The highest BCUT2D eigenvalue weighted by Gasteiger charge is 2.39. The number of hydrogen-bond donors (Lipinski definition) is 1. The molecule has 2 unspecified atom stereocenters. The minimum Gasteiger partial charge on any atom is -0.453 e. The molecule has 0 aromatic carbocycles. The van der Waals surface area contributed by atoms with E-state index in [0.717, 1.165) is 17.6 Å². The van der Waals surface area contributed by atoms with Crippen LogP contribution in [0.5, 0.6) is 0 Å². The van der Waals surface area contributed by atoms with Crippen molar-refractivity contribution < 1.29 is 14.6 Å². The molecule has 0 saturated carbocycles. The number of hydrogen-bond acceptors (Lipinski definition) is 3. The Morgan fingerprint density at radius 2 is 2.06 bits per heavy atom. The molecule has 96 valence electrons. The summed E-state index contributed by atoms with van der Waals surface area (Å²) in [5, 5.41) is 10.3. The number of ether oxygens (including phenoxy) is 1. The largest absolute Gasteiger partial charge is 0.453 e. The first-order chi connectivity index (χ1) is 7.83. The van der Waals surface area contributed by atoms with Crippen LogP contribution in [0.1, 0.15) is 47.5 Å². The first kappa shape index (κ1) is 14.0. The third-order valence-corrected chi connectivity index (χ3v) is 3.44. The Kier molecular flexibility index (Phi) is 4.15. The van der Waals surface area contributed by atoms with Gasteiger partial charge in [0.2, 0.25) is 0 Å². The van der Waals surface area contributed by atoms with E-state index in [1.54, 1.807) is 6.92 Å². The molecule has 17 heavy (non-hydrogen) atoms. The summed E-state index contributed by atoms with van der Waals surface area (Å²) in [5.74, 6) is -0.289. The fraction of sp³-hybridized carbons (Fsp3) is 0.643. The van der Waals surface area contributed by atoms with E-state index in [9.17, 15) is 9.90 Å². The third-order valence-electron chi connectivity index (χ3n) is 3.44. The van der Waals surface area contributed by atoms with Crippen molar-refractivity contribution >= 4 is 5.97 Å². The van der Waals surface area contributed by atoms with Crippen molar-refractivity contribution in [3.8, 4) is 0 Å². The molecule has 1 aliphatic carbocycles. The summed E-state index contributed by atoms with van der Waals surface area (Å²) >= 11 is 0. The molecule has 0 aromatic rings. The maximum atomic E-state index is 11.0. The van der Waals surface area contributed by atoms with E-state index in [1.807, 2.05) is 19.9 Å². The van der Waals surface area contributed by atoms with Crippen molar-refractivity contribution in [1.82, 2.24) is 0 Å². The molecule has 3 nitrogen and oxygen atoms in total. The molecule has 0 aromatic heterocycles. The van der Waals surface area contributed by atoms with Crippen LogP contribution in [0.4, 0.5) is 0 Å². The van der Waals surface area contributed by atoms with Gasteiger partial charge in [-0.15, -0.1) is 0 Å². The summed E-state index contributed by atoms with van der Waals surface area (Å²) in [6.07, 6.45) is 3.11. The Hall–Kier alpha value is -1.09. The van der Waals surface area contributed by atoms with Crippen LogP contribution in [-0.2, 0) is 9.53 Å². The monoisotopic (exact) mass is 238 g/mol. The summed E-state index contributed by atoms with van der Waals surface area (Å²) in [6.45, 7) is 9.22. The van der Waals surface area contributed by atoms with Gasteiger partial charge >= 0.3 is 5.97 Å². The van der Waals surface area contributed by atoms with Gasteiger partial charge in [0, 0.05) is 12.5 Å². The Bertz CT molecular complexity index is 375. The second-order valence-corrected chi connectivity index (χ2v) is 4.79. The Morgan fingerprint density at radius 3 is 2.47 bits per heavy atom. The second-order valence-electron chi connectivity index (χ2n) is 4.79. The van der Waals surface area contributed by atoms with Crippen LogP contribution in [-0.4, -0.2) is 22.8 Å². The lowest BCUT2D eigenvalue weighted by Crippen LogP contribution is -2.39. The SMILES string of the molecule is CC/C(C)=C1\C(C(C)(O)CC)=CC1OC(C)=O. The number of esters is 1. The lowest BCUT2D eigenvalue weighted by Gasteiger charge is -2.38. The number of rotatable bonds is 4. The molecule has 0 radical (unpaired) electrons. The Balaban J connectivity index is 3.05. The molecule has 0 heterocycles. The molecule has 0 saturated heterocycles. The number of carbonyl (C=O) groups excluding carboxylic acids is 1. The van der Waals surface area contributed by atoms with Gasteiger partial charge in [-0.2, -0.15) is 0 Å². The van der Waals surface area contributed by atoms with Gasteiger partial charge in [-0.05, 0) is 38.3 Å². The van der Waals surface area contributed by atoms with Gasteiger partial charge in [0.05, 0.1) is 5.60 Å². The van der Waals surface area contributed by atoms with E-state index >= 15 is 0 Å². The molecule has 3 heteroatoms. The molecule has 0 fully saturated rings. The fourth-order valence-electron chi connectivity index (χ4n) is 1.98. The van der Waals surface area contributed by atoms with Crippen molar-refractivity contribution in [2.45, 2.75) is 59.2 Å². The minimum absolute atomic E-state index is 0.277. The molecule has 0 bridgehead atoms. The molecule has 0 spiro atoms. The average Bonchev–Trinajstić information content (AvgIpc) is 2.22. The molecule has 2 atom stereocenters. The average molecular weight is 238 g/mol. The summed E-state index contributed by atoms with van der Waals surface area (Å²) in [6, 6.07) is 0. The van der Waals surface area contributed by atoms with E-state index in [-0.39, 0.29) is 12.1 Å². The third kappa shape index (κ3) is 2.78. The van der Waals surface area contributed by atoms with Crippen LogP contribution in [0.3, 0.4) is 0 Å². The fourth-order valence-corrected chi connectivity index (χ4v) is 1.98. The van der Waals surface area contributed by atoms with Crippen molar-refractivity contribution in [2.75, 3.05) is 0 Å². The Morgan fingerprint density at radius 1 is 1.47 bits per heavy atom. The van der Waals surface area contributed by atoms with Gasteiger partial charge in [0.25, 0.3) is 0 Å². The van der Waals surface area contributed by atoms with Crippen LogP contribution in [0.2, 0.25) is 0 Å². The van der Waals surface area contributed by atoms with E-state index in [0.29, 0.717) is 6.42 Å². The van der Waals surface area contributed by atoms with Gasteiger partial charge in [0.1, 0.15) is 6.10 Å². The van der Waals surface area contributed by atoms with Crippen molar-refractivity contribution in [3.05, 3.63) is 22.8 Å². The maximum Gasteiger partial charge on any atom is 0.303 e. The first-order valence-electron chi connectivity index (χ1n) is 6.15. The lowest BCUT2D eigenvalue weighted by atomic mass is 9.74. The van der Waals surface area contributed by atoms with Gasteiger partial charge in [-0.25, -0.2) is 0 Å². The summed E-state index contributed by atoms with van der Waals surface area (Å²) in [5.41, 5.74) is 2.24. The smallest absolute Gasteiger partial charge is 0.303 e. The van der Waals surface area contributed by atoms with Gasteiger partial charge < -0.3 is 9.84 Å².